The van der Waals surface area contributed by atoms with Crippen molar-refractivity contribution in [1.29, 1.82) is 0 Å². The lowest BCUT2D eigenvalue weighted by molar-refractivity contribution is -0.131. The fourth-order valence-electron chi connectivity index (χ4n) is 4.36. The van der Waals surface area contributed by atoms with Crippen LogP contribution in [0.1, 0.15) is 24.2 Å². The van der Waals surface area contributed by atoms with Gasteiger partial charge in [-0.3, -0.25) is 14.4 Å². The van der Waals surface area contributed by atoms with Gasteiger partial charge in [-0.05, 0) is 32.0 Å². The minimum atomic E-state index is -1.19. The van der Waals surface area contributed by atoms with Crippen LogP contribution < -0.4 is 9.64 Å². The van der Waals surface area contributed by atoms with Crippen LogP contribution in [0.3, 0.4) is 0 Å². The third-order valence-corrected chi connectivity index (χ3v) is 5.63. The Morgan fingerprint density at radius 3 is 2.58 bits per heavy atom. The molecule has 2 fully saturated rings. The molecular weight excluding hydrogens is 338 g/mol. The van der Waals surface area contributed by atoms with Crippen LogP contribution in [0.15, 0.2) is 30.4 Å². The summed E-state index contributed by atoms with van der Waals surface area (Å²) >= 11 is 0. The van der Waals surface area contributed by atoms with E-state index in [0.29, 0.717) is 11.3 Å². The number of rotatable bonds is 4. The highest BCUT2D eigenvalue weighted by molar-refractivity contribution is 6.24. The van der Waals surface area contributed by atoms with Crippen molar-refractivity contribution in [2.75, 3.05) is 18.6 Å². The fourth-order valence-corrected chi connectivity index (χ4v) is 4.36. The van der Waals surface area contributed by atoms with Gasteiger partial charge in [0, 0.05) is 5.56 Å². The van der Waals surface area contributed by atoms with E-state index in [1.165, 1.54) is 20.1 Å². The molecule has 0 aliphatic carbocycles. The molecule has 4 atom stereocenters. The number of amides is 2. The molecule has 0 spiro atoms. The Labute approximate surface area is 150 Å². The second kappa shape index (κ2) is 5.25. The normalized spacial score (nSPS) is 34.5. The van der Waals surface area contributed by atoms with Crippen molar-refractivity contribution in [3.63, 3.8) is 0 Å². The Morgan fingerprint density at radius 1 is 1.27 bits per heavy atom. The Hall–Kier alpha value is -2.51. The molecule has 3 aliphatic heterocycles. The standard InChI is InChI=1S/C19H19NO6/c1-10(22)11-4-5-13(25-3)12(8-11)20-16(23)14-15(17(20)24)19(9-21)7-6-18(14,2)26-19/h4-8,14-15,21H,9H2,1-3H3/t14-,15-,18+,19-/m0/s1. The molecule has 7 heteroatoms. The maximum absolute atomic E-state index is 13.2. The Balaban J connectivity index is 1.84. The molecule has 3 heterocycles. The Bertz CT molecular complexity index is 877. The Morgan fingerprint density at radius 2 is 1.96 bits per heavy atom. The number of aliphatic hydroxyl groups is 1. The number of ketones is 1. The van der Waals surface area contributed by atoms with E-state index in [1.54, 1.807) is 31.2 Å². The number of hydrogen-bond donors (Lipinski definition) is 1. The Kier molecular flexibility index (Phi) is 3.42. The number of fused-ring (bicyclic) bond motifs is 5. The molecule has 0 aromatic heterocycles. The number of aliphatic hydroxyl groups excluding tert-OH is 1. The molecule has 1 aromatic rings. The molecule has 26 heavy (non-hydrogen) atoms. The van der Waals surface area contributed by atoms with Gasteiger partial charge in [0.05, 0.1) is 36.8 Å². The summed E-state index contributed by atoms with van der Waals surface area (Å²) in [4.78, 5) is 39.2. The molecule has 7 nitrogen and oxygen atoms in total. The number of hydrogen-bond acceptors (Lipinski definition) is 6. The molecule has 0 saturated carbocycles. The SMILES string of the molecule is COc1ccc(C(C)=O)cc1N1C(=O)[C@@H]2[C@@H](C1=O)[C@@]1(CO)C=C[C@@]2(C)O1. The maximum atomic E-state index is 13.2. The predicted octanol–water partition coefficient (Wildman–Crippen LogP) is 1.09. The highest BCUT2D eigenvalue weighted by atomic mass is 16.5. The van der Waals surface area contributed by atoms with Crippen molar-refractivity contribution in [2.24, 2.45) is 11.8 Å². The van der Waals surface area contributed by atoms with E-state index in [-0.39, 0.29) is 11.5 Å². The van der Waals surface area contributed by atoms with Gasteiger partial charge in [0.2, 0.25) is 11.8 Å². The number of ether oxygens (including phenoxy) is 2. The van der Waals surface area contributed by atoms with Gasteiger partial charge >= 0.3 is 0 Å². The highest BCUT2D eigenvalue weighted by Crippen LogP contribution is 2.58. The summed E-state index contributed by atoms with van der Waals surface area (Å²) in [7, 11) is 1.43. The molecular formula is C19H19NO6. The number of anilines is 1. The van der Waals surface area contributed by atoms with Gasteiger partial charge in [0.1, 0.15) is 11.4 Å². The smallest absolute Gasteiger partial charge is 0.241 e. The summed E-state index contributed by atoms with van der Waals surface area (Å²) in [6.45, 7) is 2.76. The molecule has 1 N–H and O–H groups in total. The van der Waals surface area contributed by atoms with E-state index in [2.05, 4.69) is 0 Å². The lowest BCUT2D eigenvalue weighted by Gasteiger charge is -2.27. The van der Waals surface area contributed by atoms with E-state index in [0.717, 1.165) is 4.90 Å². The van der Waals surface area contributed by atoms with Gasteiger partial charge in [-0.2, -0.15) is 0 Å². The second-order valence-electron chi connectivity index (χ2n) is 7.14. The molecule has 4 rings (SSSR count). The van der Waals surface area contributed by atoms with E-state index < -0.39 is 41.5 Å². The lowest BCUT2D eigenvalue weighted by atomic mass is 9.73. The first kappa shape index (κ1) is 16.9. The minimum absolute atomic E-state index is 0.183. The number of carbonyl (C=O) groups excluding carboxylic acids is 3. The number of nitrogens with zero attached hydrogens (tertiary/aromatic N) is 1. The summed E-state index contributed by atoms with van der Waals surface area (Å²) < 4.78 is 11.2. The van der Waals surface area contributed by atoms with E-state index in [9.17, 15) is 19.5 Å². The van der Waals surface area contributed by atoms with Crippen molar-refractivity contribution in [2.45, 2.75) is 25.0 Å². The zero-order valence-corrected chi connectivity index (χ0v) is 14.7. The fraction of sp³-hybridized carbons (Fsp3) is 0.421. The molecule has 136 valence electrons. The van der Waals surface area contributed by atoms with Crippen LogP contribution >= 0.6 is 0 Å². The first-order valence-corrected chi connectivity index (χ1v) is 8.36. The molecule has 2 amide bonds. The zero-order valence-electron chi connectivity index (χ0n) is 14.7. The monoisotopic (exact) mass is 357 g/mol. The average Bonchev–Trinajstić information content (AvgIpc) is 3.20. The van der Waals surface area contributed by atoms with E-state index in [4.69, 9.17) is 9.47 Å². The number of Topliss-reactive ketones (excluding diaryl/α,β-unsaturated/α-hetero) is 1. The number of benzene rings is 1. The summed E-state index contributed by atoms with van der Waals surface area (Å²) in [5, 5.41) is 9.86. The summed E-state index contributed by atoms with van der Waals surface area (Å²) in [5.41, 5.74) is -1.52. The molecule has 0 radical (unpaired) electrons. The third-order valence-electron chi connectivity index (χ3n) is 5.63. The summed E-state index contributed by atoms with van der Waals surface area (Å²) in [6, 6.07) is 4.64. The van der Waals surface area contributed by atoms with Gasteiger partial charge < -0.3 is 14.6 Å². The maximum Gasteiger partial charge on any atom is 0.241 e. The first-order chi connectivity index (χ1) is 12.3. The average molecular weight is 357 g/mol. The van der Waals surface area contributed by atoms with Crippen LogP contribution in [-0.4, -0.2) is 47.6 Å². The van der Waals surface area contributed by atoms with Gasteiger partial charge in [-0.1, -0.05) is 12.2 Å². The largest absolute Gasteiger partial charge is 0.495 e. The molecule has 2 saturated heterocycles. The van der Waals surface area contributed by atoms with Gasteiger partial charge in [-0.25, -0.2) is 4.90 Å². The molecule has 1 aromatic carbocycles. The first-order valence-electron chi connectivity index (χ1n) is 8.36. The van der Waals surface area contributed by atoms with Gasteiger partial charge in [-0.15, -0.1) is 0 Å². The number of carbonyl (C=O) groups is 3. The predicted molar refractivity (Wildman–Crippen MR) is 90.9 cm³/mol. The third kappa shape index (κ3) is 1.92. The summed E-state index contributed by atoms with van der Waals surface area (Å²) in [6.07, 6.45) is 3.41. The van der Waals surface area contributed by atoms with Crippen LogP contribution in [-0.2, 0) is 14.3 Å². The quantitative estimate of drug-likeness (QED) is 0.493. The van der Waals surface area contributed by atoms with Crippen molar-refractivity contribution in [3.05, 3.63) is 35.9 Å². The molecule has 0 unspecified atom stereocenters. The topological polar surface area (TPSA) is 93.1 Å². The minimum Gasteiger partial charge on any atom is -0.495 e. The van der Waals surface area contributed by atoms with Crippen LogP contribution in [0.5, 0.6) is 5.75 Å². The highest BCUT2D eigenvalue weighted by Gasteiger charge is 2.72. The van der Waals surface area contributed by atoms with Crippen molar-refractivity contribution >= 4 is 23.3 Å². The van der Waals surface area contributed by atoms with Crippen LogP contribution in [0.25, 0.3) is 0 Å². The van der Waals surface area contributed by atoms with Crippen molar-refractivity contribution < 1.29 is 29.0 Å². The van der Waals surface area contributed by atoms with Crippen LogP contribution in [0.2, 0.25) is 0 Å². The lowest BCUT2D eigenvalue weighted by Crippen LogP contribution is -2.43. The van der Waals surface area contributed by atoms with E-state index >= 15 is 0 Å². The van der Waals surface area contributed by atoms with Crippen LogP contribution in [0, 0.1) is 11.8 Å². The number of imide groups is 1. The summed E-state index contributed by atoms with van der Waals surface area (Å²) in [5.74, 6) is -2.26. The van der Waals surface area contributed by atoms with Crippen molar-refractivity contribution in [3.8, 4) is 5.75 Å². The molecule has 2 bridgehead atoms. The zero-order chi connectivity index (χ0) is 18.9. The van der Waals surface area contributed by atoms with E-state index in [1.807, 2.05) is 0 Å². The van der Waals surface area contributed by atoms with Gasteiger partial charge in [0.15, 0.2) is 5.78 Å². The van der Waals surface area contributed by atoms with Crippen molar-refractivity contribution in [1.82, 2.24) is 0 Å². The van der Waals surface area contributed by atoms with Gasteiger partial charge in [0.25, 0.3) is 0 Å². The molecule has 3 aliphatic rings. The van der Waals surface area contributed by atoms with Crippen LogP contribution in [0.4, 0.5) is 5.69 Å². The second-order valence-corrected chi connectivity index (χ2v) is 7.14. The number of methoxy groups -OCH3 is 1.